The average Bonchev–Trinajstić information content (AvgIpc) is 3.56. The molecule has 0 N–H and O–H groups in total. The van der Waals surface area contributed by atoms with Crippen molar-refractivity contribution in [2.75, 3.05) is 18.3 Å². The van der Waals surface area contributed by atoms with Crippen LogP contribution in [0.4, 0.5) is 5.69 Å². The largest absolute Gasteiger partial charge is 0.463 e. The number of thiazole rings is 1. The Kier molecular flexibility index (Phi) is 8.74. The SMILES string of the molecule is CC=C(C)N(C(C)=CC=c1sc2n(c1=O)C(c1ccc3c(c1)OCO3)C(C(=O)OCC)=C(C)N=2)c1ccc(C)c(I)c1. The number of ether oxygens (including phenoxy) is 3. The number of anilines is 1. The van der Waals surface area contributed by atoms with Crippen molar-refractivity contribution in [3.63, 3.8) is 0 Å². The fourth-order valence-electron chi connectivity index (χ4n) is 5.01. The number of hydrogen-bond acceptors (Lipinski definition) is 8. The van der Waals surface area contributed by atoms with Crippen LogP contribution in [0.1, 0.15) is 51.8 Å². The number of aromatic nitrogens is 1. The Morgan fingerprint density at radius 2 is 1.93 bits per heavy atom. The first-order valence-corrected chi connectivity index (χ1v) is 15.5. The number of fused-ring (bicyclic) bond motifs is 2. The van der Waals surface area contributed by atoms with Crippen molar-refractivity contribution in [3.8, 4) is 11.5 Å². The van der Waals surface area contributed by atoms with Crippen LogP contribution in [0, 0.1) is 10.5 Å². The van der Waals surface area contributed by atoms with Crippen LogP contribution in [0.15, 0.2) is 81.0 Å². The number of halogens is 1. The molecule has 2 aliphatic rings. The van der Waals surface area contributed by atoms with E-state index in [-0.39, 0.29) is 19.0 Å². The number of nitrogens with zero attached hydrogens (tertiary/aromatic N) is 3. The number of hydrogen-bond donors (Lipinski definition) is 0. The van der Waals surface area contributed by atoms with Gasteiger partial charge in [0.25, 0.3) is 5.56 Å². The predicted molar refractivity (Wildman–Crippen MR) is 173 cm³/mol. The normalized spacial score (nSPS) is 16.8. The van der Waals surface area contributed by atoms with Gasteiger partial charge in [0, 0.05) is 20.7 Å². The molecule has 218 valence electrons. The highest BCUT2D eigenvalue weighted by molar-refractivity contribution is 14.1. The molecule has 0 fully saturated rings. The van der Waals surface area contributed by atoms with Crippen LogP contribution in [0.25, 0.3) is 6.08 Å². The van der Waals surface area contributed by atoms with Gasteiger partial charge in [0.1, 0.15) is 0 Å². The Bertz CT molecular complexity index is 1850. The first-order chi connectivity index (χ1) is 20.1. The molecule has 2 aromatic carbocycles. The van der Waals surface area contributed by atoms with Crippen LogP contribution >= 0.6 is 33.9 Å². The topological polar surface area (TPSA) is 82.4 Å². The van der Waals surface area contributed by atoms with Gasteiger partial charge in [-0.3, -0.25) is 9.36 Å². The number of esters is 1. The molecule has 42 heavy (non-hydrogen) atoms. The van der Waals surface area contributed by atoms with Gasteiger partial charge in [-0.25, -0.2) is 9.79 Å². The molecular weight excluding hydrogens is 665 g/mol. The molecule has 0 bridgehead atoms. The van der Waals surface area contributed by atoms with E-state index in [2.05, 4.69) is 70.6 Å². The standard InChI is InChI=1S/C32H32IN3O5S/c1-7-19(4)35(23-12-9-18(3)24(33)16-23)20(5)10-14-27-30(37)36-29(22-11-13-25-26(15-22)41-17-40-25)28(31(38)39-8-2)21(6)34-32(36)42-27/h7,9-16,29H,8,17H2,1-6H3. The Hall–Kier alpha value is -3.64. The summed E-state index contributed by atoms with van der Waals surface area (Å²) in [4.78, 5) is 34.5. The van der Waals surface area contributed by atoms with E-state index in [0.29, 0.717) is 37.7 Å². The smallest absolute Gasteiger partial charge is 0.338 e. The van der Waals surface area contributed by atoms with Crippen molar-refractivity contribution >= 4 is 51.7 Å². The zero-order valence-electron chi connectivity index (χ0n) is 24.4. The molecule has 3 heterocycles. The third-order valence-corrected chi connectivity index (χ3v) is 9.41. The lowest BCUT2D eigenvalue weighted by Crippen LogP contribution is -2.39. The highest BCUT2D eigenvalue weighted by Crippen LogP contribution is 2.38. The van der Waals surface area contributed by atoms with Crippen molar-refractivity contribution < 1.29 is 19.0 Å². The summed E-state index contributed by atoms with van der Waals surface area (Å²) < 4.78 is 19.7. The van der Waals surface area contributed by atoms with Gasteiger partial charge in [-0.1, -0.05) is 29.5 Å². The molecule has 8 nitrogen and oxygen atoms in total. The minimum atomic E-state index is -0.724. The van der Waals surface area contributed by atoms with Gasteiger partial charge in [0.05, 0.1) is 28.5 Å². The first-order valence-electron chi connectivity index (χ1n) is 13.6. The van der Waals surface area contributed by atoms with Crippen LogP contribution in [0.2, 0.25) is 0 Å². The monoisotopic (exact) mass is 697 g/mol. The second-order valence-corrected chi connectivity index (χ2v) is 12.1. The summed E-state index contributed by atoms with van der Waals surface area (Å²) in [5, 5.41) is 0. The van der Waals surface area contributed by atoms with Crippen molar-refractivity contribution in [3.05, 3.63) is 106 Å². The summed E-state index contributed by atoms with van der Waals surface area (Å²) in [5.74, 6) is 0.683. The lowest BCUT2D eigenvalue weighted by atomic mass is 9.95. The van der Waals surface area contributed by atoms with Gasteiger partial charge >= 0.3 is 5.97 Å². The lowest BCUT2D eigenvalue weighted by molar-refractivity contribution is -0.139. The van der Waals surface area contributed by atoms with E-state index in [9.17, 15) is 9.59 Å². The molecule has 0 aliphatic carbocycles. The predicted octanol–water partition coefficient (Wildman–Crippen LogP) is 5.73. The summed E-state index contributed by atoms with van der Waals surface area (Å²) in [7, 11) is 0. The quantitative estimate of drug-likeness (QED) is 0.232. The van der Waals surface area contributed by atoms with Crippen molar-refractivity contribution in [2.24, 2.45) is 4.99 Å². The van der Waals surface area contributed by atoms with E-state index in [1.807, 2.05) is 38.1 Å². The molecular formula is C32H32IN3O5S. The first kappa shape index (κ1) is 29.8. The summed E-state index contributed by atoms with van der Waals surface area (Å²) in [6.45, 7) is 12.0. The molecule has 5 rings (SSSR count). The third-order valence-electron chi connectivity index (χ3n) is 7.24. The number of carbonyl (C=O) groups excluding carboxylic acids is 1. The molecule has 1 unspecified atom stereocenters. The minimum Gasteiger partial charge on any atom is -0.463 e. The van der Waals surface area contributed by atoms with E-state index in [1.165, 1.54) is 20.5 Å². The van der Waals surface area contributed by atoms with Gasteiger partial charge < -0.3 is 19.1 Å². The number of rotatable bonds is 7. The van der Waals surface area contributed by atoms with Gasteiger partial charge in [-0.15, -0.1) is 0 Å². The van der Waals surface area contributed by atoms with Crippen LogP contribution in [-0.4, -0.2) is 23.9 Å². The fourth-order valence-corrected chi connectivity index (χ4v) is 6.50. The number of allylic oxidation sites excluding steroid dienone is 5. The molecule has 0 spiro atoms. The van der Waals surface area contributed by atoms with Gasteiger partial charge in [0.15, 0.2) is 16.3 Å². The average molecular weight is 698 g/mol. The van der Waals surface area contributed by atoms with E-state index >= 15 is 0 Å². The Morgan fingerprint density at radius 3 is 2.64 bits per heavy atom. The van der Waals surface area contributed by atoms with Gasteiger partial charge in [-0.2, -0.15) is 0 Å². The molecule has 0 saturated carbocycles. The molecule has 0 saturated heterocycles. The molecule has 3 aromatic rings. The summed E-state index contributed by atoms with van der Waals surface area (Å²) in [6.07, 6.45) is 5.83. The van der Waals surface area contributed by atoms with Crippen LogP contribution in [-0.2, 0) is 9.53 Å². The summed E-state index contributed by atoms with van der Waals surface area (Å²) in [6, 6.07) is 11.1. The third kappa shape index (κ3) is 5.57. The van der Waals surface area contributed by atoms with Gasteiger partial charge in [0.2, 0.25) is 6.79 Å². The fraction of sp³-hybridized carbons (Fsp3) is 0.281. The maximum absolute atomic E-state index is 14.0. The van der Waals surface area contributed by atoms with Crippen LogP contribution in [0.3, 0.4) is 0 Å². The molecule has 1 aromatic heterocycles. The van der Waals surface area contributed by atoms with Crippen molar-refractivity contribution in [2.45, 2.75) is 47.6 Å². The van der Waals surface area contributed by atoms with Crippen LogP contribution in [0.5, 0.6) is 11.5 Å². The minimum absolute atomic E-state index is 0.123. The van der Waals surface area contributed by atoms with Crippen molar-refractivity contribution in [1.82, 2.24) is 4.57 Å². The molecule has 0 amide bonds. The molecule has 10 heteroatoms. The van der Waals surface area contributed by atoms with E-state index in [0.717, 1.165) is 17.1 Å². The van der Waals surface area contributed by atoms with E-state index in [1.54, 1.807) is 24.5 Å². The maximum Gasteiger partial charge on any atom is 0.338 e. The van der Waals surface area contributed by atoms with Crippen LogP contribution < -0.4 is 29.3 Å². The van der Waals surface area contributed by atoms with Crippen molar-refractivity contribution in [1.29, 1.82) is 0 Å². The summed E-state index contributed by atoms with van der Waals surface area (Å²) >= 11 is 3.64. The van der Waals surface area contributed by atoms with Gasteiger partial charge in [-0.05, 0) is 112 Å². The highest BCUT2D eigenvalue weighted by atomic mass is 127. The highest BCUT2D eigenvalue weighted by Gasteiger charge is 2.34. The second kappa shape index (κ2) is 12.3. The molecule has 1 atom stereocenters. The Labute approximate surface area is 262 Å². The Morgan fingerprint density at radius 1 is 1.17 bits per heavy atom. The number of carbonyl (C=O) groups is 1. The second-order valence-electron chi connectivity index (χ2n) is 9.94. The zero-order valence-corrected chi connectivity index (χ0v) is 27.3. The lowest BCUT2D eigenvalue weighted by Gasteiger charge is -2.26. The molecule has 2 aliphatic heterocycles. The summed E-state index contributed by atoms with van der Waals surface area (Å²) in [5.41, 5.74) is 5.59. The maximum atomic E-state index is 14.0. The molecule has 0 radical (unpaired) electrons. The number of aryl methyl sites for hydroxylation is 1. The van der Waals surface area contributed by atoms with E-state index < -0.39 is 12.0 Å². The number of benzene rings is 2. The zero-order chi connectivity index (χ0) is 30.1. The van der Waals surface area contributed by atoms with E-state index in [4.69, 9.17) is 14.2 Å². The Balaban J connectivity index is 1.63.